The van der Waals surface area contributed by atoms with Gasteiger partial charge in [-0.15, -0.1) is 0 Å². The van der Waals surface area contributed by atoms with E-state index in [-0.39, 0.29) is 0 Å². The molecule has 0 spiro atoms. The lowest BCUT2D eigenvalue weighted by Crippen LogP contribution is -1.92. The second kappa shape index (κ2) is 4.33. The van der Waals surface area contributed by atoms with E-state index in [1.165, 1.54) is 5.54 Å². The molecule has 1 heterocycles. The summed E-state index contributed by atoms with van der Waals surface area (Å²) in [6.07, 6.45) is 1.58. The lowest BCUT2D eigenvalue weighted by Gasteiger charge is -2.02. The first-order valence-corrected chi connectivity index (χ1v) is 4.17. The molecule has 12 heavy (non-hydrogen) atoms. The molecule has 0 saturated heterocycles. The summed E-state index contributed by atoms with van der Waals surface area (Å²) in [4.78, 5) is 0. The average molecular weight is 187 g/mol. The Hall–Kier alpha value is -0.730. The van der Waals surface area contributed by atoms with Gasteiger partial charge in [-0.05, 0) is 25.5 Å². The number of aliphatic hydroxyl groups is 1. The van der Waals surface area contributed by atoms with Crippen molar-refractivity contribution in [3.8, 4) is 0 Å². The second-order valence-electron chi connectivity index (χ2n) is 2.56. The van der Waals surface area contributed by atoms with Crippen LogP contribution < -0.4 is 0 Å². The minimum absolute atomic E-state index is 0.483. The van der Waals surface area contributed by atoms with Crippen molar-refractivity contribution in [2.24, 2.45) is 0 Å². The van der Waals surface area contributed by atoms with Crippen molar-refractivity contribution in [2.75, 3.05) is 0 Å². The van der Waals surface area contributed by atoms with E-state index >= 15 is 0 Å². The summed E-state index contributed by atoms with van der Waals surface area (Å²) in [6.45, 7) is 1.84. The van der Waals surface area contributed by atoms with Crippen molar-refractivity contribution in [3.05, 3.63) is 35.3 Å². The van der Waals surface area contributed by atoms with Crippen LogP contribution in [0.3, 0.4) is 0 Å². The predicted octanol–water partition coefficient (Wildman–Crippen LogP) is 2.76. The van der Waals surface area contributed by atoms with Gasteiger partial charge in [0.1, 0.15) is 17.6 Å². The topological polar surface area (TPSA) is 33.4 Å². The predicted molar refractivity (Wildman–Crippen MR) is 48.0 cm³/mol. The van der Waals surface area contributed by atoms with Crippen LogP contribution in [0.1, 0.15) is 24.0 Å². The third-order valence-corrected chi connectivity index (χ3v) is 1.72. The molecule has 0 radical (unpaired) electrons. The third kappa shape index (κ3) is 2.40. The lowest BCUT2D eigenvalue weighted by atomic mass is 10.2. The smallest absolute Gasteiger partial charge is 0.132 e. The first-order chi connectivity index (χ1) is 5.74. The zero-order valence-corrected chi connectivity index (χ0v) is 7.58. The number of aliphatic hydroxyl groups excluding tert-OH is 1. The van der Waals surface area contributed by atoms with Crippen LogP contribution in [-0.4, -0.2) is 5.11 Å². The van der Waals surface area contributed by atoms with E-state index < -0.39 is 6.10 Å². The Morgan fingerprint density at radius 1 is 1.67 bits per heavy atom. The summed E-state index contributed by atoms with van der Waals surface area (Å²) < 4.78 is 5.22. The van der Waals surface area contributed by atoms with E-state index in [1.54, 1.807) is 12.1 Å². The van der Waals surface area contributed by atoms with Gasteiger partial charge in [0.05, 0.1) is 0 Å². The Kier molecular flexibility index (Phi) is 3.38. The molecule has 0 bridgehead atoms. The zero-order chi connectivity index (χ0) is 8.97. The highest BCUT2D eigenvalue weighted by Crippen LogP contribution is 2.19. The van der Waals surface area contributed by atoms with Crippen LogP contribution in [0.25, 0.3) is 0 Å². The SMILES string of the molecule is Cc1ccc(C(O)CC=CCl)o1. The van der Waals surface area contributed by atoms with Crippen LogP contribution in [-0.2, 0) is 0 Å². The van der Waals surface area contributed by atoms with Crippen LogP contribution in [0.5, 0.6) is 0 Å². The summed E-state index contributed by atoms with van der Waals surface area (Å²) >= 11 is 5.32. The number of rotatable bonds is 3. The second-order valence-corrected chi connectivity index (χ2v) is 2.81. The maximum atomic E-state index is 9.46. The fourth-order valence-electron chi connectivity index (χ4n) is 0.929. The lowest BCUT2D eigenvalue weighted by molar-refractivity contribution is 0.151. The molecule has 1 aromatic rings. The molecule has 0 aromatic carbocycles. The van der Waals surface area contributed by atoms with E-state index in [9.17, 15) is 5.11 Å². The molecule has 66 valence electrons. The molecule has 0 saturated carbocycles. The maximum absolute atomic E-state index is 9.46. The van der Waals surface area contributed by atoms with Crippen molar-refractivity contribution in [3.63, 3.8) is 0 Å². The number of hydrogen-bond acceptors (Lipinski definition) is 2. The highest BCUT2D eigenvalue weighted by molar-refractivity contribution is 6.25. The van der Waals surface area contributed by atoms with Gasteiger partial charge in [0.15, 0.2) is 0 Å². The third-order valence-electron chi connectivity index (χ3n) is 1.54. The molecule has 1 aromatic heterocycles. The fraction of sp³-hybridized carbons (Fsp3) is 0.333. The average Bonchev–Trinajstić information content (AvgIpc) is 2.47. The Morgan fingerprint density at radius 3 is 2.92 bits per heavy atom. The van der Waals surface area contributed by atoms with Crippen molar-refractivity contribution in [2.45, 2.75) is 19.4 Å². The van der Waals surface area contributed by atoms with Gasteiger partial charge in [-0.25, -0.2) is 0 Å². The van der Waals surface area contributed by atoms with Crippen molar-refractivity contribution in [1.82, 2.24) is 0 Å². The van der Waals surface area contributed by atoms with E-state index in [4.69, 9.17) is 16.0 Å². The summed E-state index contributed by atoms with van der Waals surface area (Å²) in [5.41, 5.74) is 1.39. The van der Waals surface area contributed by atoms with E-state index in [2.05, 4.69) is 0 Å². The summed E-state index contributed by atoms with van der Waals surface area (Å²) in [7, 11) is 0. The quantitative estimate of drug-likeness (QED) is 0.788. The molecule has 0 amide bonds. The minimum atomic E-state index is -0.589. The van der Waals surface area contributed by atoms with Crippen molar-refractivity contribution < 1.29 is 9.52 Å². The van der Waals surface area contributed by atoms with Crippen LogP contribution in [0.2, 0.25) is 0 Å². The Morgan fingerprint density at radius 2 is 2.42 bits per heavy atom. The van der Waals surface area contributed by atoms with Crippen LogP contribution in [0, 0.1) is 6.92 Å². The monoisotopic (exact) mass is 186 g/mol. The van der Waals surface area contributed by atoms with Crippen LogP contribution in [0.4, 0.5) is 0 Å². The van der Waals surface area contributed by atoms with Gasteiger partial charge in [0.2, 0.25) is 0 Å². The normalized spacial score (nSPS) is 13.9. The number of halogens is 1. The van der Waals surface area contributed by atoms with Crippen LogP contribution >= 0.6 is 11.6 Å². The van der Waals surface area contributed by atoms with Gasteiger partial charge >= 0.3 is 0 Å². The molecule has 1 rings (SSSR count). The Balaban J connectivity index is 2.58. The minimum Gasteiger partial charge on any atom is -0.464 e. The van der Waals surface area contributed by atoms with Gasteiger partial charge in [-0.1, -0.05) is 17.7 Å². The zero-order valence-electron chi connectivity index (χ0n) is 6.83. The summed E-state index contributed by atoms with van der Waals surface area (Å²) in [5.74, 6) is 1.39. The molecular formula is C9H11ClO2. The molecule has 3 heteroatoms. The van der Waals surface area contributed by atoms with Crippen molar-refractivity contribution in [1.29, 1.82) is 0 Å². The molecular weight excluding hydrogens is 176 g/mol. The summed E-state index contributed by atoms with van der Waals surface area (Å²) in [5, 5.41) is 9.46. The highest BCUT2D eigenvalue weighted by Gasteiger charge is 2.08. The first-order valence-electron chi connectivity index (χ1n) is 3.73. The molecule has 0 fully saturated rings. The standard InChI is InChI=1S/C9H11ClO2/c1-7-4-5-9(12-7)8(11)3-2-6-10/h2,4-6,8,11H,3H2,1H3. The first kappa shape index (κ1) is 9.36. The van der Waals surface area contributed by atoms with Gasteiger partial charge < -0.3 is 9.52 Å². The van der Waals surface area contributed by atoms with Crippen LogP contribution in [0.15, 0.2) is 28.2 Å². The number of furan rings is 1. The molecule has 2 nitrogen and oxygen atoms in total. The van der Waals surface area contributed by atoms with Gasteiger partial charge in [0.25, 0.3) is 0 Å². The molecule has 0 aliphatic rings. The van der Waals surface area contributed by atoms with Gasteiger partial charge in [0, 0.05) is 5.54 Å². The Labute approximate surface area is 76.5 Å². The van der Waals surface area contributed by atoms with E-state index in [1.807, 2.05) is 13.0 Å². The highest BCUT2D eigenvalue weighted by atomic mass is 35.5. The largest absolute Gasteiger partial charge is 0.464 e. The van der Waals surface area contributed by atoms with Gasteiger partial charge in [-0.3, -0.25) is 0 Å². The summed E-state index contributed by atoms with van der Waals surface area (Å²) in [6, 6.07) is 3.59. The van der Waals surface area contributed by atoms with Gasteiger partial charge in [-0.2, -0.15) is 0 Å². The molecule has 0 aliphatic carbocycles. The molecule has 0 aliphatic heterocycles. The Bertz CT molecular complexity index is 265. The van der Waals surface area contributed by atoms with E-state index in [0.29, 0.717) is 12.2 Å². The molecule has 1 unspecified atom stereocenters. The van der Waals surface area contributed by atoms with E-state index in [0.717, 1.165) is 5.76 Å². The molecule has 1 N–H and O–H groups in total. The number of hydrogen-bond donors (Lipinski definition) is 1. The van der Waals surface area contributed by atoms with Crippen molar-refractivity contribution >= 4 is 11.6 Å². The fourth-order valence-corrected chi connectivity index (χ4v) is 1.03. The maximum Gasteiger partial charge on any atom is 0.132 e. The number of aryl methyl sites for hydroxylation is 1. The molecule has 1 atom stereocenters.